The summed E-state index contributed by atoms with van der Waals surface area (Å²) in [6.07, 6.45) is -2.05. The van der Waals surface area contributed by atoms with Crippen molar-refractivity contribution in [1.29, 1.82) is 0 Å². The second-order valence-electron chi connectivity index (χ2n) is 3.85. The number of nitrogens with zero attached hydrogens (tertiary/aromatic N) is 3. The summed E-state index contributed by atoms with van der Waals surface area (Å²) < 4.78 is 57.0. The molecular formula is C11H7F3N4O3S. The molecule has 2 aromatic rings. The summed E-state index contributed by atoms with van der Waals surface area (Å²) in [7, 11) is 0. The van der Waals surface area contributed by atoms with Crippen molar-refractivity contribution < 1.29 is 26.7 Å². The van der Waals surface area contributed by atoms with Crippen molar-refractivity contribution in [2.75, 3.05) is 5.32 Å². The number of rotatable bonds is 3. The maximum Gasteiger partial charge on any atom is 0.451 e. The highest BCUT2D eigenvalue weighted by Gasteiger charge is 2.34. The Morgan fingerprint density at radius 1 is 1.23 bits per heavy atom. The number of carbonyl (C=O) groups is 1. The summed E-state index contributed by atoms with van der Waals surface area (Å²) in [5.41, 5.74) is -0.292. The number of anilines is 1. The van der Waals surface area contributed by atoms with E-state index in [-0.39, 0.29) is 16.3 Å². The average Bonchev–Trinajstić information content (AvgIpc) is 2.46. The summed E-state index contributed by atoms with van der Waals surface area (Å²) in [5, 5.41) is 1.96. The molecule has 1 amide bonds. The molecule has 2 heterocycles. The Kier molecular flexibility index (Phi) is 4.47. The van der Waals surface area contributed by atoms with Gasteiger partial charge in [-0.15, -0.1) is 0 Å². The number of hydrogen-bond acceptors (Lipinski definition) is 5. The number of halogens is 3. The molecule has 0 saturated heterocycles. The summed E-state index contributed by atoms with van der Waals surface area (Å²) >= 11 is -2.43. The molecule has 1 atom stereocenters. The van der Waals surface area contributed by atoms with Crippen LogP contribution < -0.4 is 5.32 Å². The fraction of sp³-hybridized carbons (Fsp3) is 0.0909. The zero-order valence-electron chi connectivity index (χ0n) is 10.5. The molecule has 0 spiro atoms. The van der Waals surface area contributed by atoms with Crippen LogP contribution in [0.3, 0.4) is 0 Å². The average molecular weight is 332 g/mol. The first-order valence-electron chi connectivity index (χ1n) is 5.55. The summed E-state index contributed by atoms with van der Waals surface area (Å²) in [6, 6.07) is 2.73. The van der Waals surface area contributed by atoms with Gasteiger partial charge in [-0.25, -0.2) is 19.2 Å². The third kappa shape index (κ3) is 3.62. The molecule has 22 heavy (non-hydrogen) atoms. The molecule has 0 aliphatic rings. The van der Waals surface area contributed by atoms with Gasteiger partial charge in [0.05, 0.1) is 11.3 Å². The minimum absolute atomic E-state index is 0.0479. The zero-order valence-corrected chi connectivity index (χ0v) is 11.4. The summed E-state index contributed by atoms with van der Waals surface area (Å²) in [6.45, 7) is 0. The van der Waals surface area contributed by atoms with Crippen LogP contribution in [0.15, 0.2) is 35.7 Å². The van der Waals surface area contributed by atoms with Gasteiger partial charge < -0.3 is 9.87 Å². The lowest BCUT2D eigenvalue weighted by Gasteiger charge is -2.08. The number of pyridine rings is 1. The molecule has 116 valence electrons. The molecule has 0 bridgehead atoms. The molecule has 11 heteroatoms. The molecular weight excluding hydrogens is 325 g/mol. The van der Waals surface area contributed by atoms with E-state index in [1.807, 2.05) is 0 Å². The van der Waals surface area contributed by atoms with Gasteiger partial charge in [0, 0.05) is 18.6 Å². The highest BCUT2D eigenvalue weighted by molar-refractivity contribution is 7.79. The maximum atomic E-state index is 12.3. The van der Waals surface area contributed by atoms with Gasteiger partial charge in [0.25, 0.3) is 5.91 Å². The molecule has 2 rings (SSSR count). The number of aromatic nitrogens is 3. The van der Waals surface area contributed by atoms with E-state index in [9.17, 15) is 22.2 Å². The van der Waals surface area contributed by atoms with Gasteiger partial charge in [-0.1, -0.05) is 0 Å². The molecule has 1 unspecified atom stereocenters. The number of amides is 1. The van der Waals surface area contributed by atoms with Crippen LogP contribution in [0.1, 0.15) is 16.2 Å². The minimum atomic E-state index is -4.71. The third-order valence-corrected chi connectivity index (χ3v) is 3.01. The normalized spacial score (nSPS) is 12.7. The van der Waals surface area contributed by atoms with Gasteiger partial charge in [-0.3, -0.25) is 4.79 Å². The first-order chi connectivity index (χ1) is 10.3. The van der Waals surface area contributed by atoms with Gasteiger partial charge in [-0.2, -0.15) is 13.2 Å². The lowest BCUT2D eigenvalue weighted by atomic mass is 10.3. The van der Waals surface area contributed by atoms with E-state index in [0.717, 1.165) is 0 Å². The van der Waals surface area contributed by atoms with Crippen molar-refractivity contribution in [3.05, 3.63) is 42.1 Å². The molecule has 0 aliphatic heterocycles. The van der Waals surface area contributed by atoms with Gasteiger partial charge in [0.15, 0.2) is 5.03 Å². The highest BCUT2D eigenvalue weighted by atomic mass is 32.2. The lowest BCUT2D eigenvalue weighted by molar-refractivity contribution is -0.145. The van der Waals surface area contributed by atoms with Crippen molar-refractivity contribution in [2.24, 2.45) is 0 Å². The van der Waals surface area contributed by atoms with E-state index >= 15 is 0 Å². The van der Waals surface area contributed by atoms with Crippen LogP contribution in [0.5, 0.6) is 0 Å². The minimum Gasteiger partial charge on any atom is -0.319 e. The van der Waals surface area contributed by atoms with Gasteiger partial charge in [0.2, 0.25) is 16.9 Å². The van der Waals surface area contributed by atoms with Crippen LogP contribution in [0.4, 0.5) is 18.9 Å². The van der Waals surface area contributed by atoms with Gasteiger partial charge in [-0.05, 0) is 12.1 Å². The molecule has 0 aliphatic carbocycles. The van der Waals surface area contributed by atoms with Crippen molar-refractivity contribution in [3.63, 3.8) is 0 Å². The first-order valence-corrected chi connectivity index (χ1v) is 6.66. The van der Waals surface area contributed by atoms with E-state index in [1.165, 1.54) is 18.3 Å². The molecule has 0 aromatic carbocycles. The summed E-state index contributed by atoms with van der Waals surface area (Å²) in [5.74, 6) is -2.21. The fourth-order valence-electron chi connectivity index (χ4n) is 1.41. The Hall–Kier alpha value is -2.40. The van der Waals surface area contributed by atoms with Crippen LogP contribution in [-0.2, 0) is 17.3 Å². The Morgan fingerprint density at radius 3 is 2.41 bits per heavy atom. The monoisotopic (exact) mass is 332 g/mol. The predicted octanol–water partition coefficient (Wildman–Crippen LogP) is 1.72. The molecule has 2 N–H and O–H groups in total. The Balaban J connectivity index is 2.22. The largest absolute Gasteiger partial charge is 0.451 e. The Bertz CT molecular complexity index is 721. The second kappa shape index (κ2) is 6.15. The van der Waals surface area contributed by atoms with Gasteiger partial charge in [0.1, 0.15) is 0 Å². The Morgan fingerprint density at radius 2 is 1.86 bits per heavy atom. The molecule has 0 radical (unpaired) electrons. The number of alkyl halides is 3. The smallest absolute Gasteiger partial charge is 0.319 e. The van der Waals surface area contributed by atoms with E-state index in [4.69, 9.17) is 4.55 Å². The first kappa shape index (κ1) is 16.0. The topological polar surface area (TPSA) is 105 Å². The second-order valence-corrected chi connectivity index (χ2v) is 4.74. The van der Waals surface area contributed by atoms with Crippen molar-refractivity contribution in [1.82, 2.24) is 15.0 Å². The van der Waals surface area contributed by atoms with Crippen molar-refractivity contribution >= 4 is 22.7 Å². The van der Waals surface area contributed by atoms with Crippen LogP contribution in [0, 0.1) is 0 Å². The Labute approximate surface area is 123 Å². The third-order valence-electron chi connectivity index (χ3n) is 2.35. The van der Waals surface area contributed by atoms with E-state index in [1.54, 1.807) is 0 Å². The number of hydrogen-bond donors (Lipinski definition) is 2. The van der Waals surface area contributed by atoms with Crippen molar-refractivity contribution in [3.8, 4) is 0 Å². The standard InChI is InChI=1S/C11H7F3N4O3S/c12-11(13,14)10-16-4-6(5-17-10)8(19)18-7-2-1-3-15-9(7)22(20)21/h1-5H,(H,18,19)(H,20,21). The molecule has 0 fully saturated rings. The molecule has 7 nitrogen and oxygen atoms in total. The predicted molar refractivity (Wildman–Crippen MR) is 68.3 cm³/mol. The van der Waals surface area contributed by atoms with Crippen LogP contribution in [-0.4, -0.2) is 29.6 Å². The van der Waals surface area contributed by atoms with Crippen LogP contribution in [0.25, 0.3) is 0 Å². The van der Waals surface area contributed by atoms with E-state index < -0.39 is 29.0 Å². The zero-order chi connectivity index (χ0) is 16.3. The maximum absolute atomic E-state index is 12.3. The van der Waals surface area contributed by atoms with E-state index in [0.29, 0.717) is 12.4 Å². The van der Waals surface area contributed by atoms with E-state index in [2.05, 4.69) is 20.3 Å². The number of carbonyl (C=O) groups excluding carboxylic acids is 1. The summed E-state index contributed by atoms with van der Waals surface area (Å²) in [4.78, 5) is 21.6. The molecule has 2 aromatic heterocycles. The highest BCUT2D eigenvalue weighted by Crippen LogP contribution is 2.25. The van der Waals surface area contributed by atoms with Gasteiger partial charge >= 0.3 is 6.18 Å². The lowest BCUT2D eigenvalue weighted by Crippen LogP contribution is -2.17. The van der Waals surface area contributed by atoms with Crippen molar-refractivity contribution in [2.45, 2.75) is 11.2 Å². The van der Waals surface area contributed by atoms with Crippen LogP contribution in [0.2, 0.25) is 0 Å². The van der Waals surface area contributed by atoms with Crippen LogP contribution >= 0.6 is 0 Å². The molecule has 0 saturated carbocycles. The fourth-order valence-corrected chi connectivity index (χ4v) is 1.87. The SMILES string of the molecule is O=C(Nc1cccnc1S(=O)O)c1cnc(C(F)(F)F)nc1. The number of nitrogens with one attached hydrogen (secondary N) is 1. The quantitative estimate of drug-likeness (QED) is 0.829.